The molecule has 0 atom stereocenters. The molecule has 30 heavy (non-hydrogen) atoms. The van der Waals surface area contributed by atoms with Crippen molar-refractivity contribution in [2.75, 3.05) is 3.11 Å². The molecule has 0 amide bonds. The van der Waals surface area contributed by atoms with Crippen LogP contribution in [0.3, 0.4) is 0 Å². The van der Waals surface area contributed by atoms with Gasteiger partial charge in [-0.25, -0.2) is 0 Å². The monoisotopic (exact) mass is 510 g/mol. The molecule has 4 rings (SSSR count). The maximum atomic E-state index is 12.0. The van der Waals surface area contributed by atoms with Crippen LogP contribution in [-0.2, 0) is 14.4 Å². The summed E-state index contributed by atoms with van der Waals surface area (Å²) < 4.78 is 9.21. The number of halogens is 1. The minimum atomic E-state index is -2.56. The Bertz CT molecular complexity index is 1150. The van der Waals surface area contributed by atoms with Crippen LogP contribution in [0.2, 0.25) is 0 Å². The molecule has 0 unspecified atom stereocenters. The number of hydrogen-bond donors (Lipinski definition) is 0. The van der Waals surface area contributed by atoms with E-state index in [0.717, 1.165) is 25.9 Å². The summed E-state index contributed by atoms with van der Waals surface area (Å²) in [6.07, 6.45) is 0. The Labute approximate surface area is 184 Å². The quantitative estimate of drug-likeness (QED) is 0.225. The van der Waals surface area contributed by atoms with Gasteiger partial charge in [0.25, 0.3) is 0 Å². The van der Waals surface area contributed by atoms with E-state index in [2.05, 4.69) is 46.4 Å². The molecule has 0 bridgehead atoms. The van der Waals surface area contributed by atoms with Crippen molar-refractivity contribution in [2.24, 2.45) is 0 Å². The van der Waals surface area contributed by atoms with Crippen molar-refractivity contribution in [2.45, 2.75) is 20.4 Å². The van der Waals surface area contributed by atoms with Gasteiger partial charge in [-0.1, -0.05) is 0 Å². The van der Waals surface area contributed by atoms with Crippen LogP contribution in [0.15, 0.2) is 91.0 Å². The Kier molecular flexibility index (Phi) is 6.28. The molecule has 0 aliphatic rings. The molecule has 5 heteroatoms. The number of fused-ring (bicyclic) bond motifs is 1. The third kappa shape index (κ3) is 4.79. The van der Waals surface area contributed by atoms with Crippen LogP contribution >= 0.6 is 20.5 Å². The average molecular weight is 510 g/mol. The number of aromatic nitrogens is 1. The second-order valence-electron chi connectivity index (χ2n) is 6.96. The standard InChI is InChI=1S/C25H23IN2O2/c1-19-12-14-21(15-13-19)18-28(25-17-16-22-8-6-7-11-24(22)27-25)26(30-20(2)29)23-9-4-3-5-10-23/h3-17H,18H2,1-2H3. The number of anilines is 1. The van der Waals surface area contributed by atoms with E-state index in [1.165, 1.54) is 12.5 Å². The Morgan fingerprint density at radius 3 is 2.33 bits per heavy atom. The number of benzene rings is 3. The molecule has 0 aliphatic carbocycles. The van der Waals surface area contributed by atoms with Crippen LogP contribution < -0.4 is 3.11 Å². The molecule has 0 aliphatic heterocycles. The summed E-state index contributed by atoms with van der Waals surface area (Å²) in [4.78, 5) is 17.0. The number of nitrogens with zero attached hydrogens (tertiary/aromatic N) is 2. The molecule has 0 radical (unpaired) electrons. The molecule has 1 aromatic heterocycles. The van der Waals surface area contributed by atoms with Gasteiger partial charge < -0.3 is 0 Å². The number of pyridine rings is 1. The van der Waals surface area contributed by atoms with Gasteiger partial charge in [0, 0.05) is 0 Å². The van der Waals surface area contributed by atoms with Crippen molar-refractivity contribution < 1.29 is 7.86 Å². The van der Waals surface area contributed by atoms with Gasteiger partial charge in [0.2, 0.25) is 0 Å². The van der Waals surface area contributed by atoms with Crippen LogP contribution in [0.1, 0.15) is 18.1 Å². The van der Waals surface area contributed by atoms with Crippen LogP contribution in [0.5, 0.6) is 0 Å². The maximum absolute atomic E-state index is 12.0. The summed E-state index contributed by atoms with van der Waals surface area (Å²) in [6.45, 7) is 4.18. The number of para-hydroxylation sites is 1. The third-order valence-electron chi connectivity index (χ3n) is 4.56. The van der Waals surface area contributed by atoms with E-state index in [1.807, 2.05) is 54.6 Å². The Balaban J connectivity index is 1.81. The normalized spacial score (nSPS) is 11.2. The molecule has 4 aromatic rings. The summed E-state index contributed by atoms with van der Waals surface area (Å²) in [5.74, 6) is 0.559. The van der Waals surface area contributed by atoms with Gasteiger partial charge in [-0.3, -0.25) is 0 Å². The first kappa shape index (κ1) is 20.3. The zero-order valence-electron chi connectivity index (χ0n) is 17.0. The molecule has 0 saturated heterocycles. The summed E-state index contributed by atoms with van der Waals surface area (Å²) in [7, 11) is 0. The van der Waals surface area contributed by atoms with Crippen molar-refractivity contribution >= 4 is 43.2 Å². The molecular weight excluding hydrogens is 487 g/mol. The average Bonchev–Trinajstić information content (AvgIpc) is 2.77. The van der Waals surface area contributed by atoms with Crippen molar-refractivity contribution in [1.29, 1.82) is 0 Å². The predicted octanol–water partition coefficient (Wildman–Crippen LogP) is 6.32. The fourth-order valence-corrected chi connectivity index (χ4v) is 7.29. The van der Waals surface area contributed by atoms with Crippen molar-refractivity contribution in [3.63, 3.8) is 0 Å². The fraction of sp³-hybridized carbons (Fsp3) is 0.120. The summed E-state index contributed by atoms with van der Waals surface area (Å²) >= 11 is -2.56. The zero-order valence-corrected chi connectivity index (χ0v) is 19.1. The topological polar surface area (TPSA) is 42.4 Å². The Hall–Kier alpha value is -2.93. The number of rotatable bonds is 6. The molecule has 1 heterocycles. The van der Waals surface area contributed by atoms with Crippen molar-refractivity contribution in [3.05, 3.63) is 106 Å². The number of carbonyl (C=O) groups is 1. The second-order valence-corrected chi connectivity index (χ2v) is 11.1. The van der Waals surface area contributed by atoms with E-state index in [4.69, 9.17) is 8.05 Å². The van der Waals surface area contributed by atoms with Gasteiger partial charge >= 0.3 is 185 Å². The van der Waals surface area contributed by atoms with E-state index >= 15 is 0 Å². The summed E-state index contributed by atoms with van der Waals surface area (Å²) in [5, 5.41) is 1.09. The number of aryl methyl sites for hydroxylation is 1. The van der Waals surface area contributed by atoms with Crippen LogP contribution in [0.25, 0.3) is 10.9 Å². The zero-order chi connectivity index (χ0) is 20.9. The summed E-state index contributed by atoms with van der Waals surface area (Å²) in [5.41, 5.74) is 3.30. The van der Waals surface area contributed by atoms with Gasteiger partial charge in [-0.05, 0) is 0 Å². The molecule has 3 aromatic carbocycles. The van der Waals surface area contributed by atoms with Crippen LogP contribution in [0, 0.1) is 10.5 Å². The van der Waals surface area contributed by atoms with Gasteiger partial charge in [0.15, 0.2) is 0 Å². The predicted molar refractivity (Wildman–Crippen MR) is 130 cm³/mol. The second kappa shape index (κ2) is 9.26. The van der Waals surface area contributed by atoms with Gasteiger partial charge in [-0.15, -0.1) is 0 Å². The van der Waals surface area contributed by atoms with Crippen LogP contribution in [0.4, 0.5) is 5.82 Å². The SMILES string of the molecule is CC(=O)OI(c1ccccc1)N(Cc1ccc(C)cc1)c1ccc2ccccc2n1. The number of carbonyl (C=O) groups excluding carboxylic acids is 1. The molecule has 0 N–H and O–H groups in total. The molecule has 4 nitrogen and oxygen atoms in total. The summed E-state index contributed by atoms with van der Waals surface area (Å²) in [6, 6.07) is 30.6. The molecule has 0 fully saturated rings. The molecule has 0 saturated carbocycles. The first-order chi connectivity index (χ1) is 14.6. The van der Waals surface area contributed by atoms with Gasteiger partial charge in [-0.2, -0.15) is 0 Å². The first-order valence-electron chi connectivity index (χ1n) is 9.73. The van der Waals surface area contributed by atoms with Crippen LogP contribution in [-0.4, -0.2) is 11.0 Å². The fourth-order valence-electron chi connectivity index (χ4n) is 3.09. The minimum absolute atomic E-state index is 0.265. The van der Waals surface area contributed by atoms with E-state index < -0.39 is 20.5 Å². The van der Waals surface area contributed by atoms with E-state index in [9.17, 15) is 4.79 Å². The first-order valence-corrected chi connectivity index (χ1v) is 12.7. The van der Waals surface area contributed by atoms with Gasteiger partial charge in [0.05, 0.1) is 0 Å². The van der Waals surface area contributed by atoms with E-state index in [1.54, 1.807) is 0 Å². The Morgan fingerprint density at radius 2 is 1.60 bits per heavy atom. The van der Waals surface area contributed by atoms with E-state index in [0.29, 0.717) is 6.54 Å². The van der Waals surface area contributed by atoms with Gasteiger partial charge in [0.1, 0.15) is 0 Å². The number of hydrogen-bond acceptors (Lipinski definition) is 4. The molecular formula is C25H23IN2O2. The molecule has 152 valence electrons. The third-order valence-corrected chi connectivity index (χ3v) is 9.28. The van der Waals surface area contributed by atoms with Crippen molar-refractivity contribution in [1.82, 2.24) is 4.98 Å². The Morgan fingerprint density at radius 1 is 0.900 bits per heavy atom. The molecule has 0 spiro atoms. The van der Waals surface area contributed by atoms with Crippen molar-refractivity contribution in [3.8, 4) is 0 Å². The van der Waals surface area contributed by atoms with E-state index in [-0.39, 0.29) is 5.97 Å².